The van der Waals surface area contributed by atoms with Crippen LogP contribution in [0.3, 0.4) is 0 Å². The van der Waals surface area contributed by atoms with Gasteiger partial charge in [0.05, 0.1) is 104 Å². The molecule has 2 aromatic heterocycles. The average Bonchev–Trinajstić information content (AvgIpc) is 1.89. The fourth-order valence-corrected chi connectivity index (χ4v) is 10.1. The van der Waals surface area contributed by atoms with Crippen molar-refractivity contribution in [2.75, 3.05) is 123 Å². The molecule has 6 amide bonds. The van der Waals surface area contributed by atoms with Crippen molar-refractivity contribution in [3.63, 3.8) is 0 Å². The van der Waals surface area contributed by atoms with Crippen LogP contribution in [0.4, 0.5) is 16.3 Å². The second kappa shape index (κ2) is 32.4. The molecule has 0 spiro atoms. The maximum atomic E-state index is 13.2. The number of anilines is 2. The second-order valence-corrected chi connectivity index (χ2v) is 20.6. The molecule has 5 heterocycles. The summed E-state index contributed by atoms with van der Waals surface area (Å²) in [4.78, 5) is 75.1. The highest BCUT2D eigenvalue weighted by molar-refractivity contribution is 6.31. The minimum Gasteiger partial charge on any atom is -0.491 e. The van der Waals surface area contributed by atoms with Crippen molar-refractivity contribution in [3.8, 4) is 28.5 Å². The number of ether oxygens (including phenoxy) is 9. The van der Waals surface area contributed by atoms with Crippen molar-refractivity contribution in [1.29, 1.82) is 0 Å². The first-order chi connectivity index (χ1) is 42.1. The summed E-state index contributed by atoms with van der Waals surface area (Å²) in [5.41, 5.74) is 11.0. The smallest absolute Gasteiger partial charge is 0.319 e. The Morgan fingerprint density at radius 3 is 2.08 bits per heavy atom. The summed E-state index contributed by atoms with van der Waals surface area (Å²) < 4.78 is 52.8. The molecule has 1 unspecified atom stereocenters. The number of likely N-dealkylation sites (tertiary alicyclic amines) is 1. The lowest BCUT2D eigenvalue weighted by Crippen LogP contribution is -2.52. The van der Waals surface area contributed by atoms with Crippen LogP contribution in [0.1, 0.15) is 53.2 Å². The Morgan fingerprint density at radius 2 is 1.40 bits per heavy atom. The van der Waals surface area contributed by atoms with Gasteiger partial charge in [0.2, 0.25) is 17.7 Å². The van der Waals surface area contributed by atoms with E-state index in [2.05, 4.69) is 25.9 Å². The van der Waals surface area contributed by atoms with Crippen molar-refractivity contribution in [2.45, 2.75) is 50.9 Å². The van der Waals surface area contributed by atoms with Crippen LogP contribution in [0.15, 0.2) is 109 Å². The first kappa shape index (κ1) is 62.5. The number of aromatic nitrogens is 4. The number of rotatable bonds is 33. The van der Waals surface area contributed by atoms with E-state index in [-0.39, 0.29) is 62.9 Å². The van der Waals surface area contributed by atoms with Gasteiger partial charge >= 0.3 is 6.03 Å². The number of para-hydroxylation sites is 1. The number of hydrogen-bond acceptors (Lipinski definition) is 18. The number of imide groups is 1. The molecule has 24 nitrogen and oxygen atoms in total. The number of nitrogens with zero attached hydrogens (tertiary/aromatic N) is 6. The highest BCUT2D eigenvalue weighted by Crippen LogP contribution is 2.35. The predicted molar refractivity (Wildman–Crippen MR) is 317 cm³/mol. The van der Waals surface area contributed by atoms with Crippen LogP contribution in [0.5, 0.6) is 17.2 Å². The monoisotopic (exact) mass is 1200 g/mol. The SMILES string of the molecule is Nc1ncnc2c1c(-c1ccc(Oc3ccccc3)cc1)nn2[C@@H]1CCCN(C(=O)/C=C/COCCOCCOCCOCCOCCOCCOCCOc2cc(Cl)cc(NC(=O)NCc3ccc4c(c3)CN(C3CCC(=O)NC3=O)C4=O)c2)C1. The Labute approximate surface area is 502 Å². The van der Waals surface area contributed by atoms with Gasteiger partial charge in [0.15, 0.2) is 5.65 Å². The zero-order valence-electron chi connectivity index (χ0n) is 47.7. The molecule has 86 heavy (non-hydrogen) atoms. The summed E-state index contributed by atoms with van der Waals surface area (Å²) in [5.74, 6) is 1.06. The van der Waals surface area contributed by atoms with Gasteiger partial charge in [0.1, 0.15) is 47.7 Å². The van der Waals surface area contributed by atoms with Crippen LogP contribution >= 0.6 is 11.6 Å². The quantitative estimate of drug-likeness (QED) is 0.0194. The standard InChI is InChI=1S/C61H71ClN10O14/c62-45-35-46(67-61(77)64-38-42-10-15-51-44(34-42)39-71(60(51)76)52-16-17-53(73)68-59(52)75)37-50(36-45)85-33-32-84-31-30-83-29-28-82-27-26-81-25-24-80-23-22-79-21-20-78-19-5-9-54(74)70-18-4-6-47(40-70)72-58-55(57(63)65-41-66-58)56(69-72)43-11-13-49(14-12-43)86-48-7-2-1-3-8-48/h1-3,5,7-15,34-37,41,47,52H,4,6,16-33,38-40H2,(H2,63,65,66)(H2,64,67,77)(H,68,73,75)/b9-5+/t47-,52?/m1/s1. The van der Waals surface area contributed by atoms with Crippen molar-refractivity contribution in [1.82, 2.24) is 40.2 Å². The molecule has 3 aliphatic heterocycles. The summed E-state index contributed by atoms with van der Waals surface area (Å²) in [5, 5.41) is 13.9. The maximum Gasteiger partial charge on any atom is 0.319 e. The molecule has 0 bridgehead atoms. The second-order valence-electron chi connectivity index (χ2n) is 20.1. The van der Waals surface area contributed by atoms with Crippen LogP contribution in [-0.2, 0) is 60.6 Å². The maximum absolute atomic E-state index is 13.2. The minimum atomic E-state index is -0.700. The van der Waals surface area contributed by atoms with Gasteiger partial charge in [-0.1, -0.05) is 48.0 Å². The van der Waals surface area contributed by atoms with E-state index in [1.165, 1.54) is 11.2 Å². The van der Waals surface area contributed by atoms with E-state index in [0.717, 1.165) is 35.3 Å². The van der Waals surface area contributed by atoms with Crippen molar-refractivity contribution < 1.29 is 66.6 Å². The van der Waals surface area contributed by atoms with Crippen LogP contribution in [0.2, 0.25) is 5.02 Å². The number of nitrogens with two attached hydrogens (primary N) is 1. The van der Waals surface area contributed by atoms with Gasteiger partial charge in [-0.05, 0) is 85.0 Å². The van der Waals surface area contributed by atoms with E-state index >= 15 is 0 Å². The molecule has 0 radical (unpaired) electrons. The van der Waals surface area contributed by atoms with E-state index < -0.39 is 18.0 Å². The molecule has 0 aliphatic carbocycles. The van der Waals surface area contributed by atoms with E-state index in [9.17, 15) is 24.0 Å². The van der Waals surface area contributed by atoms with Crippen LogP contribution in [-0.4, -0.2) is 177 Å². The number of fused-ring (bicyclic) bond motifs is 2. The number of hydrogen-bond donors (Lipinski definition) is 4. The van der Waals surface area contributed by atoms with Gasteiger partial charge in [0.25, 0.3) is 5.91 Å². The predicted octanol–water partition coefficient (Wildman–Crippen LogP) is 6.52. The van der Waals surface area contributed by atoms with E-state index in [0.29, 0.717) is 149 Å². The Bertz CT molecular complexity index is 3260. The normalized spacial score (nSPS) is 16.0. The molecule has 0 saturated carbocycles. The van der Waals surface area contributed by atoms with Gasteiger partial charge in [-0.2, -0.15) is 5.10 Å². The van der Waals surface area contributed by atoms with Gasteiger partial charge < -0.3 is 68.8 Å². The number of nitrogen functional groups attached to an aromatic ring is 1. The largest absolute Gasteiger partial charge is 0.491 e. The molecule has 2 fully saturated rings. The highest BCUT2D eigenvalue weighted by Gasteiger charge is 2.39. The Morgan fingerprint density at radius 1 is 0.733 bits per heavy atom. The lowest BCUT2D eigenvalue weighted by molar-refractivity contribution is -0.137. The number of urea groups is 1. The summed E-state index contributed by atoms with van der Waals surface area (Å²) in [6, 6.07) is 26.1. The topological polar surface area (TPSA) is 281 Å². The lowest BCUT2D eigenvalue weighted by atomic mass is 10.0. The molecule has 3 aliphatic rings. The first-order valence-corrected chi connectivity index (χ1v) is 29.0. The van der Waals surface area contributed by atoms with Crippen molar-refractivity contribution >= 4 is 63.8 Å². The highest BCUT2D eigenvalue weighted by atomic mass is 35.5. The van der Waals surface area contributed by atoms with E-state index in [1.54, 1.807) is 42.5 Å². The summed E-state index contributed by atoms with van der Waals surface area (Å²) >= 11 is 6.30. The lowest BCUT2D eigenvalue weighted by Gasteiger charge is -2.32. The number of halogens is 1. The van der Waals surface area contributed by atoms with Gasteiger partial charge in [0, 0.05) is 66.6 Å². The number of piperidine rings is 2. The van der Waals surface area contributed by atoms with E-state index in [1.807, 2.05) is 70.2 Å². The van der Waals surface area contributed by atoms with Gasteiger partial charge in [-0.3, -0.25) is 24.5 Å². The summed E-state index contributed by atoms with van der Waals surface area (Å²) in [7, 11) is 0. The summed E-state index contributed by atoms with van der Waals surface area (Å²) in [6.45, 7) is 7.20. The molecule has 25 heteroatoms. The third kappa shape index (κ3) is 18.2. The fourth-order valence-electron chi connectivity index (χ4n) is 9.87. The number of benzene rings is 4. The zero-order chi connectivity index (χ0) is 59.9. The zero-order valence-corrected chi connectivity index (χ0v) is 48.4. The molecule has 5 N–H and O–H groups in total. The average molecular weight is 1200 g/mol. The third-order valence-corrected chi connectivity index (χ3v) is 14.3. The molecule has 4 aromatic carbocycles. The first-order valence-electron chi connectivity index (χ1n) is 28.6. The Hall–Kier alpha value is -8.07. The molecule has 2 atom stereocenters. The number of amides is 6. The van der Waals surface area contributed by atoms with Gasteiger partial charge in [-0.15, -0.1) is 0 Å². The van der Waals surface area contributed by atoms with Crippen LogP contribution in [0.25, 0.3) is 22.3 Å². The van der Waals surface area contributed by atoms with Crippen LogP contribution in [0, 0.1) is 0 Å². The summed E-state index contributed by atoms with van der Waals surface area (Å²) in [6.07, 6.45) is 6.81. The Kier molecular flexibility index (Phi) is 23.6. The molecule has 6 aromatic rings. The number of carbonyl (C=O) groups excluding carboxylic acids is 5. The van der Waals surface area contributed by atoms with Crippen LogP contribution < -0.4 is 31.2 Å². The molecular weight excluding hydrogens is 1130 g/mol. The molecular formula is C61H71ClN10O14. The number of nitrogens with one attached hydrogen (secondary N) is 3. The Balaban J connectivity index is 0.534. The minimum absolute atomic E-state index is 0.0957. The van der Waals surface area contributed by atoms with Crippen molar-refractivity contribution in [2.24, 2.45) is 0 Å². The van der Waals surface area contributed by atoms with E-state index in [4.69, 9.17) is 65.1 Å². The molecule has 2 saturated heterocycles. The molecule has 9 rings (SSSR count). The third-order valence-electron chi connectivity index (χ3n) is 14.1. The molecule has 456 valence electrons. The fraction of sp³-hybridized carbons (Fsp3) is 0.410. The van der Waals surface area contributed by atoms with Crippen molar-refractivity contribution in [3.05, 3.63) is 131 Å². The number of carbonyl (C=O) groups is 5. The van der Waals surface area contributed by atoms with Gasteiger partial charge in [-0.25, -0.2) is 19.4 Å².